The summed E-state index contributed by atoms with van der Waals surface area (Å²) in [5, 5.41) is 1.19. The Hall–Kier alpha value is -3.64. The number of benzene rings is 2. The molecule has 0 atom stereocenters. The molecule has 0 bridgehead atoms. The van der Waals surface area contributed by atoms with Crippen LogP contribution in [0.4, 0.5) is 5.82 Å². The van der Waals surface area contributed by atoms with Gasteiger partial charge in [-0.2, -0.15) is 0 Å². The maximum Gasteiger partial charge on any atom is 0.180 e. The highest BCUT2D eigenvalue weighted by Crippen LogP contribution is 2.30. The van der Waals surface area contributed by atoms with Crippen molar-refractivity contribution in [1.29, 1.82) is 0 Å². The first-order valence-corrected chi connectivity index (χ1v) is 11.0. The van der Waals surface area contributed by atoms with Crippen LogP contribution in [0.2, 0.25) is 0 Å². The number of fused-ring (bicyclic) bond motifs is 2. The molecule has 0 fully saturated rings. The molecule has 0 radical (unpaired) electrons. The second-order valence-electron chi connectivity index (χ2n) is 8.55. The van der Waals surface area contributed by atoms with Gasteiger partial charge < -0.3 is 20.6 Å². The maximum absolute atomic E-state index is 6.04. The Morgan fingerprint density at radius 2 is 1.78 bits per heavy atom. The van der Waals surface area contributed by atoms with Gasteiger partial charge in [0.15, 0.2) is 5.65 Å². The normalized spacial score (nSPS) is 11.7. The molecule has 3 aromatic heterocycles. The highest BCUT2D eigenvalue weighted by atomic mass is 15.1. The maximum atomic E-state index is 6.04. The summed E-state index contributed by atoms with van der Waals surface area (Å²) in [5.74, 6) is 1.29. The molecule has 0 saturated carbocycles. The molecule has 3 heterocycles. The Morgan fingerprint density at radius 1 is 0.938 bits per heavy atom. The monoisotopic (exact) mass is 424 g/mol. The number of hydrogen-bond acceptors (Lipinski definition) is 4. The number of aromatic nitrogens is 4. The van der Waals surface area contributed by atoms with Crippen LogP contribution in [0.25, 0.3) is 33.3 Å². The minimum atomic E-state index is 0.468. The van der Waals surface area contributed by atoms with Crippen molar-refractivity contribution in [3.8, 4) is 11.3 Å². The molecule has 5 aromatic rings. The van der Waals surface area contributed by atoms with Crippen molar-refractivity contribution in [2.24, 2.45) is 0 Å². The SMILES string of the molecule is Cc1nc2nc(N)cc(-c3cc4cc(CN(C)CCCc5ccccc5)ccc4[nH]3)c2[nH]1. The van der Waals surface area contributed by atoms with E-state index < -0.39 is 0 Å². The Kier molecular flexibility index (Phi) is 5.37. The lowest BCUT2D eigenvalue weighted by atomic mass is 10.1. The van der Waals surface area contributed by atoms with Crippen molar-refractivity contribution in [3.05, 3.63) is 77.6 Å². The van der Waals surface area contributed by atoms with Gasteiger partial charge in [-0.1, -0.05) is 36.4 Å². The quantitative estimate of drug-likeness (QED) is 0.341. The number of H-pyrrole nitrogens is 2. The Bertz CT molecular complexity index is 1370. The number of nitrogens with zero attached hydrogens (tertiary/aromatic N) is 3. The molecule has 0 saturated heterocycles. The van der Waals surface area contributed by atoms with Crippen LogP contribution in [0.3, 0.4) is 0 Å². The van der Waals surface area contributed by atoms with Crippen LogP contribution in [-0.2, 0) is 13.0 Å². The van der Waals surface area contributed by atoms with Gasteiger partial charge in [0, 0.05) is 28.7 Å². The Labute approximate surface area is 187 Å². The minimum absolute atomic E-state index is 0.468. The summed E-state index contributed by atoms with van der Waals surface area (Å²) < 4.78 is 0. The average molecular weight is 425 g/mol. The number of aromatic amines is 2. The molecule has 4 N–H and O–H groups in total. The highest BCUT2D eigenvalue weighted by molar-refractivity contribution is 5.95. The summed E-state index contributed by atoms with van der Waals surface area (Å²) in [6.45, 7) is 3.92. The van der Waals surface area contributed by atoms with Crippen molar-refractivity contribution in [1.82, 2.24) is 24.8 Å². The van der Waals surface area contributed by atoms with Crippen molar-refractivity contribution in [2.75, 3.05) is 19.3 Å². The summed E-state index contributed by atoms with van der Waals surface area (Å²) in [6.07, 6.45) is 2.27. The average Bonchev–Trinajstić information content (AvgIpc) is 3.36. The fourth-order valence-electron chi connectivity index (χ4n) is 4.35. The first kappa shape index (κ1) is 20.3. The van der Waals surface area contributed by atoms with Crippen LogP contribution in [0.1, 0.15) is 23.4 Å². The molecule has 0 aliphatic heterocycles. The molecule has 6 nitrogen and oxygen atoms in total. The zero-order chi connectivity index (χ0) is 22.1. The number of imidazole rings is 1. The van der Waals surface area contributed by atoms with Crippen LogP contribution in [0, 0.1) is 6.92 Å². The van der Waals surface area contributed by atoms with E-state index in [0.29, 0.717) is 11.5 Å². The lowest BCUT2D eigenvalue weighted by molar-refractivity contribution is 0.322. The molecule has 0 aliphatic carbocycles. The fraction of sp³-hybridized carbons (Fsp3) is 0.231. The van der Waals surface area contributed by atoms with E-state index in [1.807, 2.05) is 13.0 Å². The van der Waals surface area contributed by atoms with E-state index in [4.69, 9.17) is 5.73 Å². The van der Waals surface area contributed by atoms with E-state index in [2.05, 4.69) is 86.5 Å². The van der Waals surface area contributed by atoms with Crippen molar-refractivity contribution in [3.63, 3.8) is 0 Å². The lowest BCUT2D eigenvalue weighted by Crippen LogP contribution is -2.19. The molecule has 0 aliphatic rings. The minimum Gasteiger partial charge on any atom is -0.384 e. The molecular weight excluding hydrogens is 396 g/mol. The summed E-state index contributed by atoms with van der Waals surface area (Å²) in [6, 6.07) is 21.4. The molecule has 162 valence electrons. The molecule has 0 amide bonds. The third-order valence-electron chi connectivity index (χ3n) is 5.88. The number of rotatable bonds is 7. The smallest absolute Gasteiger partial charge is 0.180 e. The van der Waals surface area contributed by atoms with Crippen LogP contribution in [0.15, 0.2) is 60.7 Å². The van der Waals surface area contributed by atoms with E-state index in [1.54, 1.807) is 0 Å². The predicted molar refractivity (Wildman–Crippen MR) is 131 cm³/mol. The topological polar surface area (TPSA) is 86.6 Å². The first-order chi connectivity index (χ1) is 15.5. The van der Waals surface area contributed by atoms with E-state index in [1.165, 1.54) is 16.5 Å². The number of aryl methyl sites for hydroxylation is 2. The van der Waals surface area contributed by atoms with E-state index in [9.17, 15) is 0 Å². The van der Waals surface area contributed by atoms with Crippen molar-refractivity contribution < 1.29 is 0 Å². The van der Waals surface area contributed by atoms with Crippen molar-refractivity contribution in [2.45, 2.75) is 26.3 Å². The summed E-state index contributed by atoms with van der Waals surface area (Å²) in [7, 11) is 2.19. The second-order valence-corrected chi connectivity index (χ2v) is 8.55. The van der Waals surface area contributed by atoms with Gasteiger partial charge in [0.25, 0.3) is 0 Å². The van der Waals surface area contributed by atoms with Crippen LogP contribution >= 0.6 is 0 Å². The molecule has 0 unspecified atom stereocenters. The Morgan fingerprint density at radius 3 is 2.62 bits per heavy atom. The van der Waals surface area contributed by atoms with Crippen LogP contribution < -0.4 is 5.73 Å². The van der Waals surface area contributed by atoms with Gasteiger partial charge in [0.05, 0.1) is 5.52 Å². The number of anilines is 1. The summed E-state index contributed by atoms with van der Waals surface area (Å²) in [5.41, 5.74) is 13.4. The van der Waals surface area contributed by atoms with E-state index in [-0.39, 0.29) is 0 Å². The van der Waals surface area contributed by atoms with Crippen LogP contribution in [0.5, 0.6) is 0 Å². The molecule has 6 heteroatoms. The lowest BCUT2D eigenvalue weighted by Gasteiger charge is -2.16. The number of nitrogen functional groups attached to an aromatic ring is 1. The first-order valence-electron chi connectivity index (χ1n) is 11.0. The van der Waals surface area contributed by atoms with Crippen molar-refractivity contribution >= 4 is 27.9 Å². The van der Waals surface area contributed by atoms with Gasteiger partial charge in [0.2, 0.25) is 0 Å². The third kappa shape index (κ3) is 4.22. The van der Waals surface area contributed by atoms with Gasteiger partial charge >= 0.3 is 0 Å². The number of nitrogens with one attached hydrogen (secondary N) is 2. The van der Waals surface area contributed by atoms with Crippen LogP contribution in [-0.4, -0.2) is 38.4 Å². The molecule has 0 spiro atoms. The summed E-state index contributed by atoms with van der Waals surface area (Å²) in [4.78, 5) is 18.0. The van der Waals surface area contributed by atoms with Gasteiger partial charge in [-0.05, 0) is 68.8 Å². The largest absolute Gasteiger partial charge is 0.384 e. The molecular formula is C26H28N6. The number of nitrogens with two attached hydrogens (primary N) is 1. The summed E-state index contributed by atoms with van der Waals surface area (Å²) >= 11 is 0. The zero-order valence-corrected chi connectivity index (χ0v) is 18.5. The second kappa shape index (κ2) is 8.48. The third-order valence-corrected chi connectivity index (χ3v) is 5.88. The Balaban J connectivity index is 1.32. The van der Waals surface area contributed by atoms with E-state index in [0.717, 1.165) is 54.0 Å². The molecule has 5 rings (SSSR count). The van der Waals surface area contributed by atoms with Gasteiger partial charge in [-0.3, -0.25) is 0 Å². The molecule has 32 heavy (non-hydrogen) atoms. The standard InChI is InChI=1S/C26H28N6/c1-17-28-25-21(15-24(27)31-26(25)29-17)23-14-20-13-19(10-11-22(20)30-23)16-32(2)12-6-9-18-7-4-3-5-8-18/h3-5,7-8,10-11,13-15,30H,6,9,12,16H2,1-2H3,(H3,27,28,29,31). The predicted octanol–water partition coefficient (Wildman–Crippen LogP) is 5.06. The van der Waals surface area contributed by atoms with E-state index >= 15 is 0 Å². The van der Waals surface area contributed by atoms with Gasteiger partial charge in [0.1, 0.15) is 11.6 Å². The molecule has 2 aromatic carbocycles. The number of pyridine rings is 1. The van der Waals surface area contributed by atoms with Gasteiger partial charge in [-0.15, -0.1) is 0 Å². The van der Waals surface area contributed by atoms with Gasteiger partial charge in [-0.25, -0.2) is 9.97 Å². The fourth-order valence-corrected chi connectivity index (χ4v) is 4.35. The number of hydrogen-bond donors (Lipinski definition) is 3. The zero-order valence-electron chi connectivity index (χ0n) is 18.5. The highest BCUT2D eigenvalue weighted by Gasteiger charge is 2.13.